The Morgan fingerprint density at radius 1 is 1.35 bits per heavy atom. The first-order chi connectivity index (χ1) is 9.30. The molecule has 0 spiro atoms. The smallest absolute Gasteiger partial charge is 0.323 e. The first kappa shape index (κ1) is 16.7. The standard InChI is InChI=1S/C15H26N2O3/c1-5-17(12-9-7-6-8-10-12)13(18)11-16(4)15(2,3)14(19)20/h9H,5-8,10-11H2,1-4H3,(H,19,20). The summed E-state index contributed by atoms with van der Waals surface area (Å²) >= 11 is 0. The van der Waals surface area contributed by atoms with E-state index in [-0.39, 0.29) is 12.5 Å². The third-order valence-electron chi connectivity index (χ3n) is 4.08. The Balaban J connectivity index is 2.73. The normalized spacial score (nSPS) is 15.9. The molecule has 0 saturated heterocycles. The van der Waals surface area contributed by atoms with Gasteiger partial charge < -0.3 is 10.0 Å². The quantitative estimate of drug-likeness (QED) is 0.810. The van der Waals surface area contributed by atoms with Crippen LogP contribution >= 0.6 is 0 Å². The summed E-state index contributed by atoms with van der Waals surface area (Å²) in [5.41, 5.74) is 0.0426. The number of carboxylic acid groups (broad SMARTS) is 1. The summed E-state index contributed by atoms with van der Waals surface area (Å²) in [6, 6.07) is 0. The first-order valence-corrected chi connectivity index (χ1v) is 7.24. The lowest BCUT2D eigenvalue weighted by Crippen LogP contribution is -2.51. The van der Waals surface area contributed by atoms with Crippen molar-refractivity contribution in [1.82, 2.24) is 9.80 Å². The van der Waals surface area contributed by atoms with Gasteiger partial charge >= 0.3 is 5.97 Å². The Kier molecular flexibility index (Phi) is 5.74. The second-order valence-electron chi connectivity index (χ2n) is 5.80. The van der Waals surface area contributed by atoms with Gasteiger partial charge in [-0.1, -0.05) is 6.08 Å². The summed E-state index contributed by atoms with van der Waals surface area (Å²) in [6.45, 7) is 5.92. The van der Waals surface area contributed by atoms with Gasteiger partial charge in [-0.3, -0.25) is 14.5 Å². The van der Waals surface area contributed by atoms with Crippen molar-refractivity contribution < 1.29 is 14.7 Å². The molecule has 114 valence electrons. The van der Waals surface area contributed by atoms with Gasteiger partial charge in [-0.15, -0.1) is 0 Å². The molecule has 1 aliphatic rings. The fraction of sp³-hybridized carbons (Fsp3) is 0.733. The number of likely N-dealkylation sites (N-methyl/N-ethyl adjacent to an activating group) is 2. The van der Waals surface area contributed by atoms with Crippen LogP contribution in [0.25, 0.3) is 0 Å². The molecule has 0 unspecified atom stereocenters. The van der Waals surface area contributed by atoms with Crippen LogP contribution in [0.2, 0.25) is 0 Å². The lowest BCUT2D eigenvalue weighted by Gasteiger charge is -2.34. The van der Waals surface area contributed by atoms with Crippen LogP contribution in [0.3, 0.4) is 0 Å². The van der Waals surface area contributed by atoms with Crippen molar-refractivity contribution in [2.45, 2.75) is 52.0 Å². The van der Waals surface area contributed by atoms with Gasteiger partial charge in [0.25, 0.3) is 0 Å². The molecular formula is C15H26N2O3. The molecule has 0 aromatic carbocycles. The first-order valence-electron chi connectivity index (χ1n) is 7.24. The highest BCUT2D eigenvalue weighted by molar-refractivity contribution is 5.82. The molecular weight excluding hydrogens is 256 g/mol. The molecule has 5 nitrogen and oxygen atoms in total. The minimum Gasteiger partial charge on any atom is -0.480 e. The lowest BCUT2D eigenvalue weighted by molar-refractivity contribution is -0.149. The molecule has 0 aliphatic heterocycles. The van der Waals surface area contributed by atoms with Crippen molar-refractivity contribution >= 4 is 11.9 Å². The minimum absolute atomic E-state index is 0.0301. The van der Waals surface area contributed by atoms with Crippen LogP contribution in [0, 0.1) is 0 Å². The van der Waals surface area contributed by atoms with Crippen molar-refractivity contribution in [3.63, 3.8) is 0 Å². The van der Waals surface area contributed by atoms with Crippen LogP contribution in [-0.4, -0.2) is 52.5 Å². The predicted molar refractivity (Wildman–Crippen MR) is 78.3 cm³/mol. The van der Waals surface area contributed by atoms with Crippen molar-refractivity contribution in [1.29, 1.82) is 0 Å². The second kappa shape index (κ2) is 6.88. The molecule has 5 heteroatoms. The largest absolute Gasteiger partial charge is 0.480 e. The zero-order valence-corrected chi connectivity index (χ0v) is 13.0. The van der Waals surface area contributed by atoms with E-state index < -0.39 is 11.5 Å². The van der Waals surface area contributed by atoms with E-state index in [0.29, 0.717) is 6.54 Å². The summed E-state index contributed by atoms with van der Waals surface area (Å²) in [4.78, 5) is 27.0. The van der Waals surface area contributed by atoms with E-state index >= 15 is 0 Å². The minimum atomic E-state index is -1.05. The SMILES string of the molecule is CCN(C(=O)CN(C)C(C)(C)C(=O)O)C1=CCCCC1. The predicted octanol–water partition coefficient (Wildman–Crippen LogP) is 2.09. The van der Waals surface area contributed by atoms with E-state index in [1.165, 1.54) is 6.42 Å². The molecule has 0 heterocycles. The molecule has 20 heavy (non-hydrogen) atoms. The van der Waals surface area contributed by atoms with Crippen LogP contribution in [0.5, 0.6) is 0 Å². The third-order valence-corrected chi connectivity index (χ3v) is 4.08. The van der Waals surface area contributed by atoms with Crippen molar-refractivity contribution in [3.05, 3.63) is 11.8 Å². The second-order valence-corrected chi connectivity index (χ2v) is 5.80. The average molecular weight is 282 g/mol. The van der Waals surface area contributed by atoms with E-state index in [4.69, 9.17) is 0 Å². The maximum atomic E-state index is 12.4. The number of carboxylic acids is 1. The maximum absolute atomic E-state index is 12.4. The number of carbonyl (C=O) groups is 2. The molecule has 0 bridgehead atoms. The van der Waals surface area contributed by atoms with Crippen molar-refractivity contribution in [3.8, 4) is 0 Å². The summed E-state index contributed by atoms with van der Waals surface area (Å²) < 4.78 is 0. The molecule has 1 N–H and O–H groups in total. The summed E-state index contributed by atoms with van der Waals surface area (Å²) in [5.74, 6) is -0.954. The highest BCUT2D eigenvalue weighted by Crippen LogP contribution is 2.21. The van der Waals surface area contributed by atoms with Crippen LogP contribution in [0.4, 0.5) is 0 Å². The number of amides is 1. The van der Waals surface area contributed by atoms with E-state index in [2.05, 4.69) is 6.08 Å². The topological polar surface area (TPSA) is 60.9 Å². The van der Waals surface area contributed by atoms with Crippen LogP contribution in [0.1, 0.15) is 46.5 Å². The molecule has 0 fully saturated rings. The zero-order chi connectivity index (χ0) is 15.3. The number of hydrogen-bond donors (Lipinski definition) is 1. The lowest BCUT2D eigenvalue weighted by atomic mass is 10.0. The summed E-state index contributed by atoms with van der Waals surface area (Å²) in [5, 5.41) is 9.19. The van der Waals surface area contributed by atoms with Gasteiger partial charge in [0.1, 0.15) is 5.54 Å². The third kappa shape index (κ3) is 3.82. The van der Waals surface area contributed by atoms with Gasteiger partial charge in [-0.2, -0.15) is 0 Å². The van der Waals surface area contributed by atoms with Gasteiger partial charge in [-0.05, 0) is 53.5 Å². The summed E-state index contributed by atoms with van der Waals surface area (Å²) in [6.07, 6.45) is 6.39. The van der Waals surface area contributed by atoms with Gasteiger partial charge in [-0.25, -0.2) is 0 Å². The van der Waals surface area contributed by atoms with Crippen molar-refractivity contribution in [2.24, 2.45) is 0 Å². The van der Waals surface area contributed by atoms with E-state index in [0.717, 1.165) is 25.0 Å². The Labute approximate surface area is 121 Å². The van der Waals surface area contributed by atoms with E-state index in [1.54, 1.807) is 30.7 Å². The van der Waals surface area contributed by atoms with Gasteiger partial charge in [0.05, 0.1) is 6.54 Å². The van der Waals surface area contributed by atoms with Gasteiger partial charge in [0.2, 0.25) is 5.91 Å². The molecule has 1 amide bonds. The summed E-state index contributed by atoms with van der Waals surface area (Å²) in [7, 11) is 1.68. The monoisotopic (exact) mass is 282 g/mol. The highest BCUT2D eigenvalue weighted by atomic mass is 16.4. The molecule has 0 aromatic heterocycles. The number of hydrogen-bond acceptors (Lipinski definition) is 3. The molecule has 1 rings (SSSR count). The van der Waals surface area contributed by atoms with Gasteiger partial charge in [0.15, 0.2) is 0 Å². The Hall–Kier alpha value is -1.36. The Bertz CT molecular complexity index is 402. The fourth-order valence-electron chi connectivity index (χ4n) is 2.26. The number of carbonyl (C=O) groups excluding carboxylic acids is 1. The Morgan fingerprint density at radius 3 is 2.45 bits per heavy atom. The number of aliphatic carboxylic acids is 1. The molecule has 0 aromatic rings. The Morgan fingerprint density at radius 2 is 2.00 bits per heavy atom. The fourth-order valence-corrected chi connectivity index (χ4v) is 2.26. The maximum Gasteiger partial charge on any atom is 0.323 e. The number of nitrogens with zero attached hydrogens (tertiary/aromatic N) is 2. The van der Waals surface area contributed by atoms with Crippen LogP contribution < -0.4 is 0 Å². The molecule has 0 radical (unpaired) electrons. The van der Waals surface area contributed by atoms with Gasteiger partial charge in [0, 0.05) is 12.2 Å². The zero-order valence-electron chi connectivity index (χ0n) is 13.0. The molecule has 1 aliphatic carbocycles. The molecule has 0 saturated carbocycles. The number of allylic oxidation sites excluding steroid dienone is 2. The highest BCUT2D eigenvalue weighted by Gasteiger charge is 2.34. The van der Waals surface area contributed by atoms with E-state index in [9.17, 15) is 14.7 Å². The average Bonchev–Trinajstić information content (AvgIpc) is 2.40. The molecule has 0 atom stereocenters. The van der Waals surface area contributed by atoms with E-state index in [1.807, 2.05) is 6.92 Å². The van der Waals surface area contributed by atoms with Crippen LogP contribution in [0.15, 0.2) is 11.8 Å². The van der Waals surface area contributed by atoms with Crippen molar-refractivity contribution in [2.75, 3.05) is 20.1 Å². The number of rotatable bonds is 6. The van der Waals surface area contributed by atoms with Crippen LogP contribution in [-0.2, 0) is 9.59 Å².